The van der Waals surface area contributed by atoms with Crippen molar-refractivity contribution in [1.29, 1.82) is 0 Å². The lowest BCUT2D eigenvalue weighted by Crippen LogP contribution is -2.45. The summed E-state index contributed by atoms with van der Waals surface area (Å²) in [5.41, 5.74) is 1.49. The number of rotatable bonds is 7. The Hall–Kier alpha value is -0.420. The van der Waals surface area contributed by atoms with Gasteiger partial charge < -0.3 is 9.84 Å². The molecule has 0 aromatic carbocycles. The fraction of sp³-hybridized carbons (Fsp3) is 0.733. The number of nitrogens with zero attached hydrogens (tertiary/aromatic N) is 1. The summed E-state index contributed by atoms with van der Waals surface area (Å²) in [6.45, 7) is 4.30. The molecule has 1 aromatic heterocycles. The summed E-state index contributed by atoms with van der Waals surface area (Å²) in [5.74, 6) is 0. The molecule has 1 N–H and O–H groups in total. The van der Waals surface area contributed by atoms with E-state index in [9.17, 15) is 5.11 Å². The minimum absolute atomic E-state index is 0.0901. The highest BCUT2D eigenvalue weighted by Crippen LogP contribution is 2.34. The van der Waals surface area contributed by atoms with Gasteiger partial charge in [-0.2, -0.15) is 11.3 Å². The number of aliphatic hydroxyl groups excluding tert-OH is 1. The minimum Gasteiger partial charge on any atom is -0.396 e. The Balaban J connectivity index is 1.89. The lowest BCUT2D eigenvalue weighted by molar-refractivity contribution is 0.0159. The molecule has 0 radical (unpaired) electrons. The molecule has 4 heteroatoms. The van der Waals surface area contributed by atoms with Crippen molar-refractivity contribution in [3.05, 3.63) is 22.4 Å². The third-order valence-electron chi connectivity index (χ3n) is 4.12. The highest BCUT2D eigenvalue weighted by molar-refractivity contribution is 7.07. The summed E-state index contributed by atoms with van der Waals surface area (Å²) in [7, 11) is 1.75. The van der Waals surface area contributed by atoms with Crippen molar-refractivity contribution in [1.82, 2.24) is 4.90 Å². The molecule has 0 spiro atoms. The van der Waals surface area contributed by atoms with Gasteiger partial charge >= 0.3 is 0 Å². The predicted molar refractivity (Wildman–Crippen MR) is 79.5 cm³/mol. The van der Waals surface area contributed by atoms with Gasteiger partial charge in [0, 0.05) is 38.8 Å². The van der Waals surface area contributed by atoms with E-state index < -0.39 is 0 Å². The number of ether oxygens (including phenoxy) is 1. The summed E-state index contributed by atoms with van der Waals surface area (Å²) in [4.78, 5) is 2.49. The SMILES string of the molecule is COCCCC1(CO)CCCN(Cc2ccsc2)C1. The first-order valence-corrected chi connectivity index (χ1v) is 8.05. The van der Waals surface area contributed by atoms with Crippen LogP contribution in [0.2, 0.25) is 0 Å². The fourth-order valence-electron chi connectivity index (χ4n) is 3.09. The van der Waals surface area contributed by atoms with Crippen LogP contribution < -0.4 is 0 Å². The third kappa shape index (κ3) is 4.28. The van der Waals surface area contributed by atoms with Gasteiger partial charge in [0.15, 0.2) is 0 Å². The van der Waals surface area contributed by atoms with Gasteiger partial charge in [-0.05, 0) is 54.6 Å². The van der Waals surface area contributed by atoms with Crippen LogP contribution in [-0.4, -0.2) is 43.4 Å². The molecule has 1 aromatic rings. The van der Waals surface area contributed by atoms with Crippen LogP contribution in [0.3, 0.4) is 0 Å². The van der Waals surface area contributed by atoms with Crippen LogP contribution in [0, 0.1) is 5.41 Å². The second-order valence-corrected chi connectivity index (χ2v) is 6.48. The van der Waals surface area contributed by atoms with Crippen molar-refractivity contribution in [2.45, 2.75) is 32.2 Å². The van der Waals surface area contributed by atoms with Gasteiger partial charge in [-0.25, -0.2) is 0 Å². The minimum atomic E-state index is 0.0901. The summed E-state index contributed by atoms with van der Waals surface area (Å²) < 4.78 is 5.14. The predicted octanol–water partition coefficient (Wildman–Crippen LogP) is 2.75. The van der Waals surface area contributed by atoms with Crippen LogP contribution in [0.4, 0.5) is 0 Å². The maximum atomic E-state index is 9.82. The average molecular weight is 283 g/mol. The first-order chi connectivity index (χ1) is 9.28. The number of likely N-dealkylation sites (tertiary alicyclic amines) is 1. The third-order valence-corrected chi connectivity index (χ3v) is 4.85. The van der Waals surface area contributed by atoms with Gasteiger partial charge in [0.05, 0.1) is 0 Å². The molecular weight excluding hydrogens is 258 g/mol. The molecule has 0 saturated carbocycles. The molecule has 1 fully saturated rings. The van der Waals surface area contributed by atoms with Gasteiger partial charge in [0.2, 0.25) is 0 Å². The summed E-state index contributed by atoms with van der Waals surface area (Å²) in [5, 5.41) is 14.2. The highest BCUT2D eigenvalue weighted by Gasteiger charge is 2.34. The molecular formula is C15H25NO2S. The van der Waals surface area contributed by atoms with Crippen LogP contribution in [0.15, 0.2) is 16.8 Å². The molecule has 1 aliphatic rings. The van der Waals surface area contributed by atoms with Crippen molar-refractivity contribution in [3.8, 4) is 0 Å². The standard InChI is InChI=1S/C15H25NO2S/c1-18-8-3-6-15(13-17)5-2-7-16(12-15)10-14-4-9-19-11-14/h4,9,11,17H,2-3,5-8,10,12-13H2,1H3. The Morgan fingerprint density at radius 1 is 1.53 bits per heavy atom. The number of hydrogen-bond acceptors (Lipinski definition) is 4. The lowest BCUT2D eigenvalue weighted by Gasteiger charge is -2.42. The molecule has 108 valence electrons. The van der Waals surface area contributed by atoms with Crippen molar-refractivity contribution in [3.63, 3.8) is 0 Å². The van der Waals surface area contributed by atoms with Crippen molar-refractivity contribution in [2.75, 3.05) is 33.4 Å². The van der Waals surface area contributed by atoms with Gasteiger partial charge in [0.1, 0.15) is 0 Å². The van der Waals surface area contributed by atoms with Crippen molar-refractivity contribution in [2.24, 2.45) is 5.41 Å². The second kappa shape index (κ2) is 7.39. The zero-order chi connectivity index (χ0) is 13.6. The van der Waals surface area contributed by atoms with E-state index in [1.54, 1.807) is 18.4 Å². The number of hydrogen-bond donors (Lipinski definition) is 1. The van der Waals surface area contributed by atoms with Crippen LogP contribution in [0.25, 0.3) is 0 Å². The smallest absolute Gasteiger partial charge is 0.0499 e. The Morgan fingerprint density at radius 3 is 3.11 bits per heavy atom. The molecule has 1 atom stereocenters. The van der Waals surface area contributed by atoms with Crippen LogP contribution in [0.1, 0.15) is 31.2 Å². The normalized spacial score (nSPS) is 24.7. The molecule has 1 aliphatic heterocycles. The summed E-state index contributed by atoms with van der Waals surface area (Å²) in [6, 6.07) is 2.20. The summed E-state index contributed by atoms with van der Waals surface area (Å²) in [6.07, 6.45) is 4.45. The van der Waals surface area contributed by atoms with Gasteiger partial charge in [0.25, 0.3) is 0 Å². The Bertz CT molecular complexity index is 355. The molecule has 1 unspecified atom stereocenters. The topological polar surface area (TPSA) is 32.7 Å². The molecule has 0 amide bonds. The monoisotopic (exact) mass is 283 g/mol. The van der Waals surface area contributed by atoms with Crippen molar-refractivity contribution < 1.29 is 9.84 Å². The van der Waals surface area contributed by atoms with Crippen LogP contribution in [0.5, 0.6) is 0 Å². The van der Waals surface area contributed by atoms with E-state index in [4.69, 9.17) is 4.74 Å². The van der Waals surface area contributed by atoms with E-state index in [2.05, 4.69) is 21.7 Å². The van der Waals surface area contributed by atoms with E-state index in [0.29, 0.717) is 6.61 Å². The first-order valence-electron chi connectivity index (χ1n) is 7.11. The quantitative estimate of drug-likeness (QED) is 0.781. The van der Waals surface area contributed by atoms with Crippen molar-refractivity contribution >= 4 is 11.3 Å². The molecule has 19 heavy (non-hydrogen) atoms. The molecule has 0 aliphatic carbocycles. The maximum absolute atomic E-state index is 9.82. The van der Waals surface area contributed by atoms with E-state index >= 15 is 0 Å². The van der Waals surface area contributed by atoms with Gasteiger partial charge in [-0.1, -0.05) is 0 Å². The highest BCUT2D eigenvalue weighted by atomic mass is 32.1. The summed E-state index contributed by atoms with van der Waals surface area (Å²) >= 11 is 1.76. The number of methoxy groups -OCH3 is 1. The second-order valence-electron chi connectivity index (χ2n) is 5.70. The van der Waals surface area contributed by atoms with Gasteiger partial charge in [-0.15, -0.1) is 0 Å². The Kier molecular flexibility index (Phi) is 5.82. The van der Waals surface area contributed by atoms with Crippen LogP contribution >= 0.6 is 11.3 Å². The fourth-order valence-corrected chi connectivity index (χ4v) is 3.75. The number of aliphatic hydroxyl groups is 1. The van der Waals surface area contributed by atoms with E-state index in [0.717, 1.165) is 45.5 Å². The van der Waals surface area contributed by atoms with E-state index in [1.165, 1.54) is 12.0 Å². The lowest BCUT2D eigenvalue weighted by atomic mass is 9.77. The molecule has 3 nitrogen and oxygen atoms in total. The van der Waals surface area contributed by atoms with E-state index in [-0.39, 0.29) is 5.41 Å². The van der Waals surface area contributed by atoms with E-state index in [1.807, 2.05) is 0 Å². The van der Waals surface area contributed by atoms with Gasteiger partial charge in [-0.3, -0.25) is 4.90 Å². The van der Waals surface area contributed by atoms with Crippen LogP contribution in [-0.2, 0) is 11.3 Å². The first kappa shape index (κ1) is 15.0. The number of thiophene rings is 1. The average Bonchev–Trinajstić information content (AvgIpc) is 2.92. The Labute approximate surface area is 120 Å². The zero-order valence-corrected chi connectivity index (χ0v) is 12.6. The largest absolute Gasteiger partial charge is 0.396 e. The Morgan fingerprint density at radius 2 is 2.42 bits per heavy atom. The maximum Gasteiger partial charge on any atom is 0.0499 e. The molecule has 2 rings (SSSR count). The molecule has 2 heterocycles. The number of piperidine rings is 1. The molecule has 1 saturated heterocycles. The zero-order valence-electron chi connectivity index (χ0n) is 11.8. The molecule has 0 bridgehead atoms.